The van der Waals surface area contributed by atoms with Crippen LogP contribution >= 0.6 is 11.3 Å². The number of thiophene rings is 1. The maximum atomic E-state index is 13.0. The van der Waals surface area contributed by atoms with Gasteiger partial charge in [0, 0.05) is 55.1 Å². The Hall–Kier alpha value is -3.86. The zero-order valence-electron chi connectivity index (χ0n) is 23.4. The van der Waals surface area contributed by atoms with E-state index in [-0.39, 0.29) is 5.91 Å². The van der Waals surface area contributed by atoms with Gasteiger partial charge in [-0.05, 0) is 68.1 Å². The Morgan fingerprint density at radius 2 is 2.05 bits per heavy atom. The lowest BCUT2D eigenvalue weighted by Gasteiger charge is -2.26. The maximum Gasteiger partial charge on any atom is 0.246 e. The average Bonchev–Trinajstić information content (AvgIpc) is 3.15. The van der Waals surface area contributed by atoms with Crippen molar-refractivity contribution in [3.05, 3.63) is 76.7 Å². The molecule has 0 aliphatic carbocycles. The van der Waals surface area contributed by atoms with Crippen molar-refractivity contribution >= 4 is 39.0 Å². The van der Waals surface area contributed by atoms with Crippen LogP contribution in [0.1, 0.15) is 28.1 Å². The highest BCUT2D eigenvalue weighted by molar-refractivity contribution is 7.19. The lowest BCUT2D eigenvalue weighted by Crippen LogP contribution is -2.34. The molecule has 6 rings (SSSR count). The minimum absolute atomic E-state index is 0.0582. The monoisotopic (exact) mass is 570 g/mol. The molecule has 0 bridgehead atoms. The molecule has 10 heteroatoms. The number of aryl methyl sites for hydroxylation is 2. The van der Waals surface area contributed by atoms with Crippen molar-refractivity contribution in [1.29, 1.82) is 0 Å². The molecule has 9 nitrogen and oxygen atoms in total. The number of amides is 1. The molecular formula is C31H34N6O3S. The van der Waals surface area contributed by atoms with E-state index in [0.717, 1.165) is 84.4 Å². The normalized spacial score (nSPS) is 16.1. The molecule has 1 N–H and O–H groups in total. The van der Waals surface area contributed by atoms with Crippen LogP contribution in [0.4, 0.5) is 11.5 Å². The third-order valence-corrected chi connectivity index (χ3v) is 8.56. The van der Waals surface area contributed by atoms with Gasteiger partial charge >= 0.3 is 0 Å². The van der Waals surface area contributed by atoms with Crippen LogP contribution in [-0.4, -0.2) is 70.1 Å². The van der Waals surface area contributed by atoms with Gasteiger partial charge in [-0.25, -0.2) is 9.97 Å². The average molecular weight is 571 g/mol. The molecule has 2 aliphatic rings. The standard InChI is InChI=1S/C31H34N6O3S/c1-21-17-23(7-9-26(21)40-24-8-6-22(2)32-18-24)35-30-29-25-10-13-37(19-27(25)41-31(29)34-20-33-30)28(38)5-3-11-36-12-4-15-39-16-14-36/h3,5-9,17-18,20H,4,10-16,19H2,1-2H3,(H,33,34,35)/b5-3+. The minimum atomic E-state index is 0.0582. The Balaban J connectivity index is 1.14. The second-order valence-corrected chi connectivity index (χ2v) is 11.5. The van der Waals surface area contributed by atoms with E-state index in [4.69, 9.17) is 9.47 Å². The highest BCUT2D eigenvalue weighted by Crippen LogP contribution is 2.38. The summed E-state index contributed by atoms with van der Waals surface area (Å²) in [4.78, 5) is 32.8. The highest BCUT2D eigenvalue weighted by atomic mass is 32.1. The van der Waals surface area contributed by atoms with E-state index in [1.54, 1.807) is 29.9 Å². The van der Waals surface area contributed by atoms with Crippen molar-refractivity contribution < 1.29 is 14.3 Å². The van der Waals surface area contributed by atoms with Crippen LogP contribution in [0.25, 0.3) is 10.2 Å². The molecule has 0 radical (unpaired) electrons. The summed E-state index contributed by atoms with van der Waals surface area (Å²) in [6.07, 6.45) is 8.85. The van der Waals surface area contributed by atoms with Crippen molar-refractivity contribution in [2.75, 3.05) is 44.7 Å². The summed E-state index contributed by atoms with van der Waals surface area (Å²) >= 11 is 1.65. The lowest BCUT2D eigenvalue weighted by molar-refractivity contribution is -0.126. The predicted octanol–water partition coefficient (Wildman–Crippen LogP) is 5.40. The van der Waals surface area contributed by atoms with Crippen molar-refractivity contribution in [3.63, 3.8) is 0 Å². The van der Waals surface area contributed by atoms with Crippen LogP contribution in [-0.2, 0) is 22.5 Å². The summed E-state index contributed by atoms with van der Waals surface area (Å²) in [5.74, 6) is 2.32. The Morgan fingerprint density at radius 1 is 1.12 bits per heavy atom. The molecule has 0 spiro atoms. The van der Waals surface area contributed by atoms with Gasteiger partial charge in [0.2, 0.25) is 5.91 Å². The maximum absolute atomic E-state index is 13.0. The van der Waals surface area contributed by atoms with Gasteiger partial charge in [-0.3, -0.25) is 14.7 Å². The Kier molecular flexibility index (Phi) is 8.22. The molecular weight excluding hydrogens is 536 g/mol. The lowest BCUT2D eigenvalue weighted by atomic mass is 10.0. The topological polar surface area (TPSA) is 92.7 Å². The summed E-state index contributed by atoms with van der Waals surface area (Å²) in [6, 6.07) is 9.85. The Labute approximate surface area is 243 Å². The van der Waals surface area contributed by atoms with Crippen LogP contribution in [0.5, 0.6) is 11.5 Å². The largest absolute Gasteiger partial charge is 0.455 e. The molecule has 2 aliphatic heterocycles. The highest BCUT2D eigenvalue weighted by Gasteiger charge is 2.25. The number of fused-ring (bicyclic) bond motifs is 3. The fourth-order valence-electron chi connectivity index (χ4n) is 5.22. The number of hydrogen-bond acceptors (Lipinski definition) is 9. The number of ether oxygens (including phenoxy) is 2. The molecule has 1 aromatic carbocycles. The number of aromatic nitrogens is 3. The molecule has 0 saturated carbocycles. The van der Waals surface area contributed by atoms with E-state index in [0.29, 0.717) is 18.8 Å². The second-order valence-electron chi connectivity index (χ2n) is 10.4. The molecule has 1 amide bonds. The van der Waals surface area contributed by atoms with Crippen LogP contribution in [0.3, 0.4) is 0 Å². The fourth-order valence-corrected chi connectivity index (χ4v) is 6.42. The second kappa shape index (κ2) is 12.3. The van der Waals surface area contributed by atoms with Crippen molar-refractivity contribution in [2.45, 2.75) is 33.2 Å². The van der Waals surface area contributed by atoms with Gasteiger partial charge < -0.3 is 19.7 Å². The number of nitrogens with one attached hydrogen (secondary N) is 1. The van der Waals surface area contributed by atoms with Gasteiger partial charge in [-0.1, -0.05) is 6.08 Å². The first kappa shape index (κ1) is 27.3. The summed E-state index contributed by atoms with van der Waals surface area (Å²) in [5.41, 5.74) is 4.10. The smallest absolute Gasteiger partial charge is 0.246 e. The van der Waals surface area contributed by atoms with Crippen molar-refractivity contribution in [1.82, 2.24) is 24.8 Å². The number of benzene rings is 1. The number of anilines is 2. The SMILES string of the molecule is Cc1ccc(Oc2ccc(Nc3ncnc4sc5c(c34)CCN(C(=O)/C=C/CN3CCCOCC3)C5)cc2C)cn1. The Morgan fingerprint density at radius 3 is 2.90 bits per heavy atom. The predicted molar refractivity (Wildman–Crippen MR) is 161 cm³/mol. The summed E-state index contributed by atoms with van der Waals surface area (Å²) < 4.78 is 11.6. The zero-order chi connectivity index (χ0) is 28.2. The number of carbonyl (C=O) groups is 1. The summed E-state index contributed by atoms with van der Waals surface area (Å²) in [5, 5.41) is 4.55. The minimum Gasteiger partial charge on any atom is -0.455 e. The molecule has 5 heterocycles. The fraction of sp³-hybridized carbons (Fsp3) is 0.355. The molecule has 0 unspecified atom stereocenters. The van der Waals surface area contributed by atoms with Gasteiger partial charge in [0.15, 0.2) is 0 Å². The van der Waals surface area contributed by atoms with Gasteiger partial charge in [0.1, 0.15) is 28.5 Å². The quantitative estimate of drug-likeness (QED) is 0.295. The van der Waals surface area contributed by atoms with Crippen molar-refractivity contribution in [3.8, 4) is 11.5 Å². The number of rotatable bonds is 7. The van der Waals surface area contributed by atoms with E-state index in [2.05, 4.69) is 31.2 Å². The van der Waals surface area contributed by atoms with Gasteiger partial charge in [-0.15, -0.1) is 11.3 Å². The van der Waals surface area contributed by atoms with E-state index in [1.165, 1.54) is 10.4 Å². The van der Waals surface area contributed by atoms with Gasteiger partial charge in [0.05, 0.1) is 24.7 Å². The van der Waals surface area contributed by atoms with E-state index < -0.39 is 0 Å². The first-order valence-electron chi connectivity index (χ1n) is 14.0. The van der Waals surface area contributed by atoms with Gasteiger partial charge in [-0.2, -0.15) is 0 Å². The molecule has 1 fully saturated rings. The summed E-state index contributed by atoms with van der Waals surface area (Å²) in [6.45, 7) is 9.51. The van der Waals surface area contributed by atoms with Crippen molar-refractivity contribution in [2.24, 2.45) is 0 Å². The number of hydrogen-bond donors (Lipinski definition) is 1. The molecule has 4 aromatic rings. The third kappa shape index (κ3) is 6.40. The van der Waals surface area contributed by atoms with Gasteiger partial charge in [0.25, 0.3) is 0 Å². The molecule has 1 saturated heterocycles. The Bertz CT molecular complexity index is 1560. The van der Waals surface area contributed by atoms with Crippen LogP contribution in [0.2, 0.25) is 0 Å². The summed E-state index contributed by atoms with van der Waals surface area (Å²) in [7, 11) is 0. The number of pyridine rings is 1. The first-order valence-corrected chi connectivity index (χ1v) is 14.8. The first-order chi connectivity index (χ1) is 20.0. The van der Waals surface area contributed by atoms with Crippen LogP contribution < -0.4 is 10.1 Å². The zero-order valence-corrected chi connectivity index (χ0v) is 24.2. The van der Waals surface area contributed by atoms with Crippen LogP contribution in [0, 0.1) is 13.8 Å². The van der Waals surface area contributed by atoms with E-state index in [1.807, 2.05) is 49.1 Å². The molecule has 0 atom stereocenters. The van der Waals surface area contributed by atoms with E-state index in [9.17, 15) is 4.79 Å². The van der Waals surface area contributed by atoms with Crippen LogP contribution in [0.15, 0.2) is 55.0 Å². The number of carbonyl (C=O) groups excluding carboxylic acids is 1. The molecule has 41 heavy (non-hydrogen) atoms. The molecule has 212 valence electrons. The molecule has 3 aromatic heterocycles. The van der Waals surface area contributed by atoms with E-state index >= 15 is 0 Å². The third-order valence-electron chi connectivity index (χ3n) is 7.44. The number of nitrogens with zero attached hydrogens (tertiary/aromatic N) is 5.